The maximum atomic E-state index is 8.81. The third-order valence-corrected chi connectivity index (χ3v) is 2.63. The number of hydrogen-bond acceptors (Lipinski definition) is 5. The van der Waals surface area contributed by atoms with Gasteiger partial charge in [0.05, 0.1) is 11.3 Å². The summed E-state index contributed by atoms with van der Waals surface area (Å²) in [5.74, 6) is 0.776. The van der Waals surface area contributed by atoms with Crippen molar-refractivity contribution in [2.24, 2.45) is 0 Å². The number of nitrogen functional groups attached to an aromatic ring is 1. The Morgan fingerprint density at radius 3 is 2.56 bits per heavy atom. The number of nitriles is 1. The first-order valence-corrected chi connectivity index (χ1v) is 6.13. The molecule has 0 unspecified atom stereocenters. The van der Waals surface area contributed by atoms with E-state index in [0.29, 0.717) is 11.3 Å². The highest BCUT2D eigenvalue weighted by Crippen LogP contribution is 2.21. The predicted octanol–water partition coefficient (Wildman–Crippen LogP) is 1.31. The SMILES string of the molecule is CCCN(CCN(C)C)c1ncc(C#N)cc1N. The molecule has 1 heterocycles. The topological polar surface area (TPSA) is 69.2 Å². The minimum atomic E-state index is 0.500. The second-order valence-corrected chi connectivity index (χ2v) is 4.54. The zero-order valence-electron chi connectivity index (χ0n) is 11.3. The normalized spacial score (nSPS) is 10.4. The molecule has 2 N–H and O–H groups in total. The van der Waals surface area contributed by atoms with Crippen LogP contribution in [0.15, 0.2) is 12.3 Å². The van der Waals surface area contributed by atoms with Crippen LogP contribution in [0.4, 0.5) is 11.5 Å². The lowest BCUT2D eigenvalue weighted by Crippen LogP contribution is -2.33. The Labute approximate surface area is 109 Å². The van der Waals surface area contributed by atoms with Gasteiger partial charge in [0.15, 0.2) is 5.82 Å². The smallest absolute Gasteiger partial charge is 0.151 e. The van der Waals surface area contributed by atoms with E-state index in [2.05, 4.69) is 21.7 Å². The van der Waals surface area contributed by atoms with Crippen LogP contribution >= 0.6 is 0 Å². The molecule has 1 aromatic rings. The molecule has 0 aliphatic rings. The number of likely N-dealkylation sites (N-methyl/N-ethyl adjacent to an activating group) is 1. The van der Waals surface area contributed by atoms with Crippen LogP contribution in [-0.2, 0) is 0 Å². The second-order valence-electron chi connectivity index (χ2n) is 4.54. The molecule has 0 atom stereocenters. The van der Waals surface area contributed by atoms with E-state index in [1.807, 2.05) is 20.2 Å². The quantitative estimate of drug-likeness (QED) is 0.821. The Morgan fingerprint density at radius 1 is 1.33 bits per heavy atom. The lowest BCUT2D eigenvalue weighted by Gasteiger charge is -2.26. The van der Waals surface area contributed by atoms with Gasteiger partial charge in [0, 0.05) is 25.8 Å². The maximum absolute atomic E-state index is 8.81. The summed E-state index contributed by atoms with van der Waals surface area (Å²) in [7, 11) is 4.08. The first-order chi connectivity index (χ1) is 8.58. The van der Waals surface area contributed by atoms with E-state index in [4.69, 9.17) is 11.0 Å². The van der Waals surface area contributed by atoms with Gasteiger partial charge in [-0.05, 0) is 26.6 Å². The minimum Gasteiger partial charge on any atom is -0.396 e. The van der Waals surface area contributed by atoms with Crippen molar-refractivity contribution in [1.82, 2.24) is 9.88 Å². The van der Waals surface area contributed by atoms with Crippen molar-refractivity contribution in [3.8, 4) is 6.07 Å². The highest BCUT2D eigenvalue weighted by Gasteiger charge is 2.11. The van der Waals surface area contributed by atoms with Gasteiger partial charge in [-0.3, -0.25) is 0 Å². The fourth-order valence-corrected chi connectivity index (χ4v) is 1.71. The number of anilines is 2. The molecule has 0 saturated heterocycles. The van der Waals surface area contributed by atoms with Crippen molar-refractivity contribution >= 4 is 11.5 Å². The summed E-state index contributed by atoms with van der Waals surface area (Å²) >= 11 is 0. The van der Waals surface area contributed by atoms with Crippen LogP contribution in [0.2, 0.25) is 0 Å². The van der Waals surface area contributed by atoms with Crippen molar-refractivity contribution in [2.75, 3.05) is 44.4 Å². The lowest BCUT2D eigenvalue weighted by molar-refractivity contribution is 0.412. The van der Waals surface area contributed by atoms with E-state index in [-0.39, 0.29) is 0 Å². The Kier molecular flexibility index (Phi) is 5.40. The van der Waals surface area contributed by atoms with Crippen LogP contribution in [0.1, 0.15) is 18.9 Å². The molecule has 0 saturated carbocycles. The molecule has 1 rings (SSSR count). The van der Waals surface area contributed by atoms with Gasteiger partial charge in [0.25, 0.3) is 0 Å². The minimum absolute atomic E-state index is 0.500. The fourth-order valence-electron chi connectivity index (χ4n) is 1.71. The third kappa shape index (κ3) is 3.90. The summed E-state index contributed by atoms with van der Waals surface area (Å²) in [6, 6.07) is 3.73. The molecule has 5 heteroatoms. The summed E-state index contributed by atoms with van der Waals surface area (Å²) in [5.41, 5.74) is 7.04. The largest absolute Gasteiger partial charge is 0.396 e. The molecule has 5 nitrogen and oxygen atoms in total. The molecule has 0 aliphatic carbocycles. The van der Waals surface area contributed by atoms with Crippen LogP contribution in [0.25, 0.3) is 0 Å². The average molecular weight is 247 g/mol. The monoisotopic (exact) mass is 247 g/mol. The summed E-state index contributed by atoms with van der Waals surface area (Å²) in [6.45, 7) is 4.87. The van der Waals surface area contributed by atoms with Crippen molar-refractivity contribution in [3.05, 3.63) is 17.8 Å². The summed E-state index contributed by atoms with van der Waals surface area (Å²) in [6.07, 6.45) is 2.61. The van der Waals surface area contributed by atoms with Crippen molar-refractivity contribution in [1.29, 1.82) is 5.26 Å². The van der Waals surface area contributed by atoms with E-state index in [9.17, 15) is 0 Å². The number of aromatic nitrogens is 1. The molecule has 0 aliphatic heterocycles. The van der Waals surface area contributed by atoms with Crippen LogP contribution in [0, 0.1) is 11.3 Å². The number of nitrogens with two attached hydrogens (primary N) is 1. The van der Waals surface area contributed by atoms with Gasteiger partial charge in [0.1, 0.15) is 6.07 Å². The second kappa shape index (κ2) is 6.82. The average Bonchev–Trinajstić information content (AvgIpc) is 2.34. The lowest BCUT2D eigenvalue weighted by atomic mass is 10.2. The number of rotatable bonds is 6. The molecule has 1 aromatic heterocycles. The zero-order chi connectivity index (χ0) is 13.5. The van der Waals surface area contributed by atoms with E-state index in [1.54, 1.807) is 12.3 Å². The standard InChI is InChI=1S/C13H21N5/c1-4-5-18(7-6-17(2)3)13-12(15)8-11(9-14)10-16-13/h8,10H,4-7,15H2,1-3H3. The molecule has 98 valence electrons. The van der Waals surface area contributed by atoms with Gasteiger partial charge >= 0.3 is 0 Å². The van der Waals surface area contributed by atoms with Crippen LogP contribution < -0.4 is 10.6 Å². The van der Waals surface area contributed by atoms with Gasteiger partial charge in [0.2, 0.25) is 0 Å². The molecule has 0 spiro atoms. The Balaban J connectivity index is 2.88. The van der Waals surface area contributed by atoms with Gasteiger partial charge in [-0.15, -0.1) is 0 Å². The Hall–Kier alpha value is -1.80. The summed E-state index contributed by atoms with van der Waals surface area (Å²) in [5, 5.41) is 8.81. The molecule has 0 aromatic carbocycles. The Morgan fingerprint density at radius 2 is 2.06 bits per heavy atom. The van der Waals surface area contributed by atoms with Gasteiger partial charge in [-0.25, -0.2) is 4.98 Å². The van der Waals surface area contributed by atoms with Crippen LogP contribution in [0.3, 0.4) is 0 Å². The van der Waals surface area contributed by atoms with E-state index < -0.39 is 0 Å². The molecular formula is C13H21N5. The highest BCUT2D eigenvalue weighted by atomic mass is 15.2. The van der Waals surface area contributed by atoms with Gasteiger partial charge in [-0.1, -0.05) is 6.92 Å². The van der Waals surface area contributed by atoms with E-state index in [1.165, 1.54) is 0 Å². The summed E-state index contributed by atoms with van der Waals surface area (Å²) in [4.78, 5) is 8.60. The first kappa shape index (κ1) is 14.3. The van der Waals surface area contributed by atoms with Crippen molar-refractivity contribution < 1.29 is 0 Å². The Bertz CT molecular complexity index is 422. The third-order valence-electron chi connectivity index (χ3n) is 2.63. The van der Waals surface area contributed by atoms with Crippen LogP contribution in [0.5, 0.6) is 0 Å². The zero-order valence-corrected chi connectivity index (χ0v) is 11.3. The van der Waals surface area contributed by atoms with Crippen molar-refractivity contribution in [2.45, 2.75) is 13.3 Å². The van der Waals surface area contributed by atoms with Crippen LogP contribution in [-0.4, -0.2) is 43.6 Å². The van der Waals surface area contributed by atoms with E-state index >= 15 is 0 Å². The molecule has 0 bridgehead atoms. The molecule has 0 amide bonds. The molecule has 0 radical (unpaired) electrons. The molecule has 18 heavy (non-hydrogen) atoms. The predicted molar refractivity (Wildman–Crippen MR) is 74.4 cm³/mol. The van der Waals surface area contributed by atoms with Crippen molar-refractivity contribution in [3.63, 3.8) is 0 Å². The summed E-state index contributed by atoms with van der Waals surface area (Å²) < 4.78 is 0. The highest BCUT2D eigenvalue weighted by molar-refractivity contribution is 5.64. The first-order valence-electron chi connectivity index (χ1n) is 6.13. The van der Waals surface area contributed by atoms with Gasteiger partial charge in [-0.2, -0.15) is 5.26 Å². The van der Waals surface area contributed by atoms with Gasteiger partial charge < -0.3 is 15.5 Å². The molecular weight excluding hydrogens is 226 g/mol. The number of hydrogen-bond donors (Lipinski definition) is 1. The number of pyridine rings is 1. The fraction of sp³-hybridized carbons (Fsp3) is 0.538. The molecule has 0 fully saturated rings. The number of nitrogens with zero attached hydrogens (tertiary/aromatic N) is 4. The maximum Gasteiger partial charge on any atom is 0.151 e. The van der Waals surface area contributed by atoms with E-state index in [0.717, 1.165) is 31.9 Å².